The zero-order valence-electron chi connectivity index (χ0n) is 18.2. The van der Waals surface area contributed by atoms with E-state index in [-0.39, 0.29) is 22.6 Å². The first-order valence-electron chi connectivity index (χ1n) is 10.3. The monoisotopic (exact) mass is 488 g/mol. The van der Waals surface area contributed by atoms with E-state index < -0.39 is 15.9 Å². The predicted octanol–water partition coefficient (Wildman–Crippen LogP) is 3.51. The second-order valence-corrected chi connectivity index (χ2v) is 10.4. The minimum absolute atomic E-state index is 0.0427. The number of nitrogens with zero attached hydrogens (tertiary/aromatic N) is 3. The lowest BCUT2D eigenvalue weighted by molar-refractivity contribution is 0.0979. The molecule has 1 amide bonds. The summed E-state index contributed by atoms with van der Waals surface area (Å²) in [5, 5.41) is 10.5. The predicted molar refractivity (Wildman–Crippen MR) is 125 cm³/mol. The molecule has 9 nitrogen and oxygen atoms in total. The smallest absolute Gasteiger partial charge is 0.322 e. The van der Waals surface area contributed by atoms with E-state index in [4.69, 9.17) is 9.15 Å². The highest BCUT2D eigenvalue weighted by Crippen LogP contribution is 2.29. The molecule has 1 saturated heterocycles. The normalized spacial score (nSPS) is 16.3. The summed E-state index contributed by atoms with van der Waals surface area (Å²) >= 11 is 1.55. The third kappa shape index (κ3) is 5.27. The summed E-state index contributed by atoms with van der Waals surface area (Å²) in [6, 6.07) is 13.2. The topological polar surface area (TPSA) is 115 Å². The number of hydrogen-bond donors (Lipinski definition) is 1. The molecule has 1 atom stereocenters. The number of ether oxygens (including phenoxy) is 1. The fourth-order valence-electron chi connectivity index (χ4n) is 3.50. The molecule has 0 unspecified atom stereocenters. The van der Waals surface area contributed by atoms with Crippen molar-refractivity contribution in [1.82, 2.24) is 14.5 Å². The quantitative estimate of drug-likeness (QED) is 0.479. The Balaban J connectivity index is 1.43. The van der Waals surface area contributed by atoms with Crippen molar-refractivity contribution in [3.63, 3.8) is 0 Å². The van der Waals surface area contributed by atoms with Crippen molar-refractivity contribution in [2.24, 2.45) is 0 Å². The van der Waals surface area contributed by atoms with Gasteiger partial charge in [0.25, 0.3) is 11.8 Å². The van der Waals surface area contributed by atoms with Crippen LogP contribution >= 0.6 is 11.8 Å². The number of nitrogens with one attached hydrogen (secondary N) is 1. The van der Waals surface area contributed by atoms with Crippen molar-refractivity contribution >= 4 is 33.7 Å². The van der Waals surface area contributed by atoms with E-state index in [2.05, 4.69) is 15.5 Å². The van der Waals surface area contributed by atoms with Crippen molar-refractivity contribution in [2.45, 2.75) is 28.7 Å². The SMILES string of the molecule is CSc1ccccc1-c1nnc(NC(=O)c2ccc(S(=O)(=O)N(C)C[C@H]3CCCO3)cc2)o1. The van der Waals surface area contributed by atoms with Crippen LogP contribution in [-0.4, -0.2) is 61.4 Å². The van der Waals surface area contributed by atoms with Crippen molar-refractivity contribution < 1.29 is 22.4 Å². The van der Waals surface area contributed by atoms with Crippen molar-refractivity contribution in [1.29, 1.82) is 0 Å². The van der Waals surface area contributed by atoms with E-state index in [9.17, 15) is 13.2 Å². The zero-order chi connectivity index (χ0) is 23.4. The van der Waals surface area contributed by atoms with Gasteiger partial charge in [-0.25, -0.2) is 8.42 Å². The first-order chi connectivity index (χ1) is 15.9. The van der Waals surface area contributed by atoms with Crippen LogP contribution in [0.2, 0.25) is 0 Å². The maximum atomic E-state index is 12.8. The summed E-state index contributed by atoms with van der Waals surface area (Å²) in [5.41, 5.74) is 1.04. The number of sulfonamides is 1. The molecule has 1 N–H and O–H groups in total. The van der Waals surface area contributed by atoms with Gasteiger partial charge in [0.1, 0.15) is 0 Å². The van der Waals surface area contributed by atoms with Gasteiger partial charge in [-0.05, 0) is 55.5 Å². The van der Waals surface area contributed by atoms with Gasteiger partial charge in [-0.1, -0.05) is 17.2 Å². The Morgan fingerprint density at radius 2 is 1.94 bits per heavy atom. The molecule has 0 spiro atoms. The number of benzene rings is 2. The van der Waals surface area contributed by atoms with E-state index in [0.717, 1.165) is 23.3 Å². The van der Waals surface area contributed by atoms with Crippen LogP contribution in [0.5, 0.6) is 0 Å². The number of aromatic nitrogens is 2. The number of amides is 1. The zero-order valence-corrected chi connectivity index (χ0v) is 19.9. The lowest BCUT2D eigenvalue weighted by Crippen LogP contribution is -2.34. The molecule has 1 aliphatic rings. The molecular formula is C22H24N4O5S2. The molecule has 2 aromatic carbocycles. The van der Waals surface area contributed by atoms with Gasteiger partial charge in [-0.3, -0.25) is 10.1 Å². The summed E-state index contributed by atoms with van der Waals surface area (Å²) in [7, 11) is -2.16. The van der Waals surface area contributed by atoms with Crippen LogP contribution in [0, 0.1) is 0 Å². The second-order valence-electron chi connectivity index (χ2n) is 7.51. The van der Waals surface area contributed by atoms with E-state index in [0.29, 0.717) is 19.0 Å². The summed E-state index contributed by atoms with van der Waals surface area (Å²) in [4.78, 5) is 13.7. The molecule has 1 aliphatic heterocycles. The van der Waals surface area contributed by atoms with E-state index in [1.54, 1.807) is 11.8 Å². The summed E-state index contributed by atoms with van der Waals surface area (Å²) in [5.74, 6) is -0.189. The van der Waals surface area contributed by atoms with Gasteiger partial charge in [-0.15, -0.1) is 16.9 Å². The Kier molecular flexibility index (Phi) is 7.13. The fourth-order valence-corrected chi connectivity index (χ4v) is 5.30. The maximum absolute atomic E-state index is 12.8. The average Bonchev–Trinajstić information content (AvgIpc) is 3.51. The molecule has 3 aromatic rings. The molecule has 174 valence electrons. The second kappa shape index (κ2) is 10.0. The average molecular weight is 489 g/mol. The van der Waals surface area contributed by atoms with Gasteiger partial charge in [0.15, 0.2) is 0 Å². The van der Waals surface area contributed by atoms with Crippen LogP contribution < -0.4 is 5.32 Å². The van der Waals surface area contributed by atoms with Gasteiger partial charge in [0, 0.05) is 30.7 Å². The van der Waals surface area contributed by atoms with Crippen LogP contribution in [0.25, 0.3) is 11.5 Å². The number of likely N-dealkylation sites (N-methyl/N-ethyl adjacent to an activating group) is 1. The Labute approximate surface area is 196 Å². The molecule has 4 rings (SSSR count). The minimum atomic E-state index is -3.68. The molecule has 0 saturated carbocycles. The number of carbonyl (C=O) groups excluding carboxylic acids is 1. The molecule has 2 heterocycles. The molecule has 33 heavy (non-hydrogen) atoms. The fraction of sp³-hybridized carbons (Fsp3) is 0.318. The van der Waals surface area contributed by atoms with Gasteiger partial charge in [-0.2, -0.15) is 4.31 Å². The van der Waals surface area contributed by atoms with Gasteiger partial charge < -0.3 is 9.15 Å². The highest BCUT2D eigenvalue weighted by Gasteiger charge is 2.26. The third-order valence-electron chi connectivity index (χ3n) is 5.29. The Morgan fingerprint density at radius 1 is 1.18 bits per heavy atom. The highest BCUT2D eigenvalue weighted by molar-refractivity contribution is 7.98. The van der Waals surface area contributed by atoms with Gasteiger partial charge in [0.05, 0.1) is 16.6 Å². The maximum Gasteiger partial charge on any atom is 0.322 e. The van der Waals surface area contributed by atoms with Crippen molar-refractivity contribution in [3.05, 3.63) is 54.1 Å². The molecular weight excluding hydrogens is 464 g/mol. The van der Waals surface area contributed by atoms with E-state index >= 15 is 0 Å². The van der Waals surface area contributed by atoms with Crippen molar-refractivity contribution in [3.8, 4) is 11.5 Å². The van der Waals surface area contributed by atoms with Crippen LogP contribution in [0.3, 0.4) is 0 Å². The summed E-state index contributed by atoms with van der Waals surface area (Å²) in [6.07, 6.45) is 3.65. The van der Waals surface area contributed by atoms with Crippen LogP contribution in [0.4, 0.5) is 6.01 Å². The molecule has 0 aliphatic carbocycles. The molecule has 1 fully saturated rings. The summed E-state index contributed by atoms with van der Waals surface area (Å²) < 4.78 is 38.0. The Morgan fingerprint density at radius 3 is 2.64 bits per heavy atom. The third-order valence-corrected chi connectivity index (χ3v) is 7.93. The lowest BCUT2D eigenvalue weighted by Gasteiger charge is -2.20. The summed E-state index contributed by atoms with van der Waals surface area (Å²) in [6.45, 7) is 0.956. The molecule has 11 heteroatoms. The van der Waals surface area contributed by atoms with E-state index in [1.165, 1.54) is 35.6 Å². The number of thioether (sulfide) groups is 1. The van der Waals surface area contributed by atoms with Gasteiger partial charge >= 0.3 is 6.01 Å². The number of anilines is 1. The lowest BCUT2D eigenvalue weighted by atomic mass is 10.2. The first kappa shape index (κ1) is 23.4. The van der Waals surface area contributed by atoms with Crippen molar-refractivity contribution in [2.75, 3.05) is 31.8 Å². The Bertz CT molecular complexity index is 1220. The van der Waals surface area contributed by atoms with Gasteiger partial charge in [0.2, 0.25) is 10.0 Å². The molecule has 0 radical (unpaired) electrons. The first-order valence-corrected chi connectivity index (χ1v) is 13.0. The van der Waals surface area contributed by atoms with Crippen LogP contribution in [0.1, 0.15) is 23.2 Å². The minimum Gasteiger partial charge on any atom is -0.403 e. The molecule has 0 bridgehead atoms. The number of rotatable bonds is 8. The van der Waals surface area contributed by atoms with E-state index in [1.807, 2.05) is 30.5 Å². The Hall–Kier alpha value is -2.73. The number of hydrogen-bond acceptors (Lipinski definition) is 8. The molecule has 1 aromatic heterocycles. The highest BCUT2D eigenvalue weighted by atomic mass is 32.2. The largest absolute Gasteiger partial charge is 0.403 e. The number of carbonyl (C=O) groups is 1. The van der Waals surface area contributed by atoms with Crippen LogP contribution in [-0.2, 0) is 14.8 Å². The standard InChI is InChI=1S/C22H24N4O5S2/c1-26(14-16-6-5-13-30-16)33(28,29)17-11-9-15(10-12-17)20(27)23-22-25-24-21(31-22)18-7-3-4-8-19(18)32-2/h3-4,7-12,16H,5-6,13-14H2,1-2H3,(H,23,25,27)/t16-/m1/s1. The van der Waals surface area contributed by atoms with Crippen LogP contribution in [0.15, 0.2) is 62.7 Å².